The van der Waals surface area contributed by atoms with Crippen LogP contribution in [0.4, 0.5) is 0 Å². The number of nitrogens with one attached hydrogen (secondary N) is 2. The van der Waals surface area contributed by atoms with Crippen molar-refractivity contribution >= 4 is 47.3 Å². The maximum atomic E-state index is 13.9. The summed E-state index contributed by atoms with van der Waals surface area (Å²) in [7, 11) is 2.70. The van der Waals surface area contributed by atoms with Crippen molar-refractivity contribution in [3.63, 3.8) is 0 Å². The summed E-state index contributed by atoms with van der Waals surface area (Å²) in [5.41, 5.74) is -0.295. The number of rotatable bonds is 17. The lowest BCUT2D eigenvalue weighted by atomic mass is 9.91. The molecule has 4 N–H and O–H groups in total. The Morgan fingerprint density at radius 1 is 0.761 bits per heavy atom. The van der Waals surface area contributed by atoms with Crippen molar-refractivity contribution in [2.24, 2.45) is 0 Å². The molecule has 2 aromatic carbocycles. The molecular formula is C30H32N2O12S2. The van der Waals surface area contributed by atoms with Crippen molar-refractivity contribution in [3.8, 4) is 45.6 Å². The number of carbonyl (C=O) groups excluding carboxylic acids is 2. The largest absolute Gasteiger partial charge is 0.493 e. The molecule has 2 aromatic rings. The van der Waals surface area contributed by atoms with Crippen molar-refractivity contribution in [1.82, 2.24) is 10.6 Å². The molecule has 0 fully saturated rings. The molecule has 2 aliphatic heterocycles. The Balaban J connectivity index is 1.93. The van der Waals surface area contributed by atoms with E-state index in [0.29, 0.717) is 11.5 Å². The lowest BCUT2D eigenvalue weighted by molar-refractivity contribution is -0.139. The summed E-state index contributed by atoms with van der Waals surface area (Å²) in [4.78, 5) is 52.0. The third kappa shape index (κ3) is 7.23. The van der Waals surface area contributed by atoms with E-state index >= 15 is 0 Å². The predicted octanol–water partition coefficient (Wildman–Crippen LogP) is 3.03. The number of methoxy groups -OCH3 is 2. The van der Waals surface area contributed by atoms with Crippen LogP contribution in [0.5, 0.6) is 34.5 Å². The minimum absolute atomic E-state index is 0.00357. The summed E-state index contributed by atoms with van der Waals surface area (Å²) in [6.45, 7) is 6.71. The molecule has 2 aliphatic rings. The van der Waals surface area contributed by atoms with Gasteiger partial charge in [-0.1, -0.05) is 12.2 Å². The molecule has 246 valence electrons. The molecule has 0 unspecified atom stereocenters. The van der Waals surface area contributed by atoms with Crippen LogP contribution in [0.2, 0.25) is 0 Å². The number of ether oxygens (including phenoxy) is 6. The number of carboxylic acids is 2. The van der Waals surface area contributed by atoms with E-state index in [9.17, 15) is 29.4 Å². The van der Waals surface area contributed by atoms with E-state index in [1.807, 2.05) is 0 Å². The minimum Gasteiger partial charge on any atom is -0.493 e. The molecule has 0 bridgehead atoms. The Labute approximate surface area is 272 Å². The quantitative estimate of drug-likeness (QED) is 0.141. The topological polar surface area (TPSA) is 188 Å². The number of benzene rings is 2. The van der Waals surface area contributed by atoms with Gasteiger partial charge < -0.3 is 49.3 Å². The van der Waals surface area contributed by atoms with Gasteiger partial charge in [-0.15, -0.1) is 13.2 Å². The van der Waals surface area contributed by atoms with Gasteiger partial charge in [0.05, 0.1) is 25.3 Å². The number of hydrogen-bond acceptors (Lipinski definition) is 12. The number of carbonyl (C=O) groups is 4. The summed E-state index contributed by atoms with van der Waals surface area (Å²) in [5.74, 6) is -2.77. The fraction of sp³-hybridized carbons (Fsp3) is 0.333. The molecule has 2 amide bonds. The van der Waals surface area contributed by atoms with E-state index in [2.05, 4.69) is 23.8 Å². The van der Waals surface area contributed by atoms with Gasteiger partial charge in [0.25, 0.3) is 11.8 Å². The highest BCUT2D eigenvalue weighted by molar-refractivity contribution is 7.99. The number of aliphatic carboxylic acids is 2. The molecule has 16 heteroatoms. The number of carboxylic acid groups (broad SMARTS) is 2. The maximum Gasteiger partial charge on any atom is 0.327 e. The zero-order valence-corrected chi connectivity index (χ0v) is 26.5. The van der Waals surface area contributed by atoms with Crippen molar-refractivity contribution in [2.45, 2.75) is 12.1 Å². The van der Waals surface area contributed by atoms with Crippen LogP contribution in [-0.2, 0) is 9.59 Å². The fourth-order valence-corrected chi connectivity index (χ4v) is 6.12. The summed E-state index contributed by atoms with van der Waals surface area (Å²) in [6.07, 6.45) is 3.22. The third-order valence-corrected chi connectivity index (χ3v) is 8.72. The smallest absolute Gasteiger partial charge is 0.327 e. The maximum absolute atomic E-state index is 13.9. The number of fused-ring (bicyclic) bond motifs is 2. The highest BCUT2D eigenvalue weighted by atomic mass is 32.2. The van der Waals surface area contributed by atoms with E-state index < -0.39 is 35.8 Å². The first-order valence-electron chi connectivity index (χ1n) is 13.6. The van der Waals surface area contributed by atoms with Crippen molar-refractivity contribution in [1.29, 1.82) is 0 Å². The molecule has 0 radical (unpaired) electrons. The normalized spacial score (nSPS) is 13.7. The van der Waals surface area contributed by atoms with E-state index in [0.717, 1.165) is 0 Å². The lowest BCUT2D eigenvalue weighted by Crippen LogP contribution is -2.43. The lowest BCUT2D eigenvalue weighted by Gasteiger charge is -2.22. The zero-order valence-electron chi connectivity index (χ0n) is 24.9. The van der Waals surface area contributed by atoms with Gasteiger partial charge in [0.1, 0.15) is 12.1 Å². The zero-order chi connectivity index (χ0) is 33.4. The second-order valence-electron chi connectivity index (χ2n) is 9.51. The summed E-state index contributed by atoms with van der Waals surface area (Å²) >= 11 is 2.51. The minimum atomic E-state index is -1.30. The van der Waals surface area contributed by atoms with Gasteiger partial charge in [-0.3, -0.25) is 9.59 Å². The van der Waals surface area contributed by atoms with Gasteiger partial charge in [-0.25, -0.2) is 9.59 Å². The van der Waals surface area contributed by atoms with Gasteiger partial charge in [0.15, 0.2) is 23.0 Å². The SMILES string of the molecule is C=CCSC[C@H](NC(=O)c1cc(OC)c2c(c1-c1c(C(=O)N[C@H](CSCC=C)C(=O)O)cc(OC)c3c1OCO3)OCO2)C(=O)O. The first-order chi connectivity index (χ1) is 22.2. The molecule has 14 nitrogen and oxygen atoms in total. The summed E-state index contributed by atoms with van der Waals surface area (Å²) in [5, 5.41) is 24.7. The average Bonchev–Trinajstić information content (AvgIpc) is 3.73. The van der Waals surface area contributed by atoms with E-state index in [4.69, 9.17) is 28.4 Å². The second-order valence-corrected chi connectivity index (χ2v) is 11.7. The summed E-state index contributed by atoms with van der Waals surface area (Å²) in [6, 6.07) is 0.0624. The number of amides is 2. The Morgan fingerprint density at radius 3 is 1.46 bits per heavy atom. The van der Waals surface area contributed by atoms with Crippen LogP contribution >= 0.6 is 23.5 Å². The second kappa shape index (κ2) is 15.5. The Morgan fingerprint density at radius 2 is 1.13 bits per heavy atom. The Bertz CT molecular complexity index is 1430. The molecule has 2 atom stereocenters. The van der Waals surface area contributed by atoms with Crippen LogP contribution in [0.3, 0.4) is 0 Å². The van der Waals surface area contributed by atoms with Crippen LogP contribution in [0.1, 0.15) is 20.7 Å². The van der Waals surface area contributed by atoms with Gasteiger partial charge >= 0.3 is 11.9 Å². The molecule has 0 spiro atoms. The van der Waals surface area contributed by atoms with Crippen molar-refractivity contribution in [3.05, 3.63) is 48.6 Å². The monoisotopic (exact) mass is 676 g/mol. The van der Waals surface area contributed by atoms with E-state index in [-0.39, 0.29) is 81.8 Å². The van der Waals surface area contributed by atoms with Gasteiger partial charge in [0.2, 0.25) is 25.1 Å². The standard InChI is InChI=1S/C30H32N2O12S2/c1-5-7-45-11-17(29(35)36)31-27(33)15-9-19(39-3)23-25(43-13-41-23)21(15)22-16(10-20(40-4)24-26(22)44-14-42-24)28(34)32-18(30(37)38)12-46-8-6-2/h5-6,9-10,17-18H,1-2,7-8,11-14H2,3-4H3,(H,31,33)(H,32,34)(H,35,36)(H,37,38)/t17-,18+. The number of hydrogen-bond donors (Lipinski definition) is 4. The van der Waals surface area contributed by atoms with Crippen LogP contribution in [-0.4, -0.2) is 96.9 Å². The van der Waals surface area contributed by atoms with Crippen LogP contribution in [0.25, 0.3) is 11.1 Å². The van der Waals surface area contributed by atoms with Crippen molar-refractivity contribution < 1.29 is 57.8 Å². The first kappa shape index (κ1) is 34.2. The fourth-order valence-electron chi connectivity index (χ4n) is 4.59. The third-order valence-electron chi connectivity index (χ3n) is 6.64. The van der Waals surface area contributed by atoms with Crippen LogP contribution in [0.15, 0.2) is 37.4 Å². The first-order valence-corrected chi connectivity index (χ1v) is 15.9. The molecule has 2 heterocycles. The van der Waals surface area contributed by atoms with Crippen LogP contribution in [0, 0.1) is 0 Å². The predicted molar refractivity (Wildman–Crippen MR) is 170 cm³/mol. The number of thioether (sulfide) groups is 2. The van der Waals surface area contributed by atoms with E-state index in [1.54, 1.807) is 12.2 Å². The molecular weight excluding hydrogens is 644 g/mol. The molecule has 0 saturated carbocycles. The summed E-state index contributed by atoms with van der Waals surface area (Å²) < 4.78 is 33.8. The van der Waals surface area contributed by atoms with Gasteiger partial charge in [0, 0.05) is 34.1 Å². The molecule has 46 heavy (non-hydrogen) atoms. The molecule has 0 aliphatic carbocycles. The van der Waals surface area contributed by atoms with Gasteiger partial charge in [-0.05, 0) is 12.1 Å². The van der Waals surface area contributed by atoms with Gasteiger partial charge in [-0.2, -0.15) is 23.5 Å². The van der Waals surface area contributed by atoms with Crippen LogP contribution < -0.4 is 39.1 Å². The highest BCUT2D eigenvalue weighted by Gasteiger charge is 2.38. The highest BCUT2D eigenvalue weighted by Crippen LogP contribution is 2.56. The molecule has 4 rings (SSSR count). The van der Waals surface area contributed by atoms with Crippen molar-refractivity contribution in [2.75, 3.05) is 50.8 Å². The Hall–Kier alpha value is -4.70. The molecule has 0 aromatic heterocycles. The molecule has 0 saturated heterocycles. The average molecular weight is 677 g/mol. The van der Waals surface area contributed by atoms with E-state index in [1.165, 1.54) is 49.9 Å². The Kier molecular flexibility index (Phi) is 11.5.